The summed E-state index contributed by atoms with van der Waals surface area (Å²) in [6.45, 7) is 2.23. The Balaban J connectivity index is 2.02. The van der Waals surface area contributed by atoms with Gasteiger partial charge in [-0.15, -0.1) is 0 Å². The van der Waals surface area contributed by atoms with E-state index in [9.17, 15) is 9.90 Å². The van der Waals surface area contributed by atoms with Crippen molar-refractivity contribution in [3.8, 4) is 17.7 Å². The first-order chi connectivity index (χ1) is 11.6. The van der Waals surface area contributed by atoms with Crippen molar-refractivity contribution >= 4 is 11.6 Å². The van der Waals surface area contributed by atoms with E-state index >= 15 is 0 Å². The van der Waals surface area contributed by atoms with E-state index in [1.54, 1.807) is 40.9 Å². The van der Waals surface area contributed by atoms with Crippen LogP contribution in [0.1, 0.15) is 22.5 Å². The Hall–Kier alpha value is -3.33. The van der Waals surface area contributed by atoms with E-state index in [4.69, 9.17) is 10.00 Å². The molecule has 0 fully saturated rings. The highest BCUT2D eigenvalue weighted by molar-refractivity contribution is 5.92. The van der Waals surface area contributed by atoms with Crippen LogP contribution >= 0.6 is 0 Å². The molecular weight excluding hydrogens is 306 g/mol. The lowest BCUT2D eigenvalue weighted by Crippen LogP contribution is -2.32. The van der Waals surface area contributed by atoms with Gasteiger partial charge in [0.05, 0.1) is 18.7 Å². The summed E-state index contributed by atoms with van der Waals surface area (Å²) in [6, 6.07) is 14.4. The number of esters is 1. The van der Waals surface area contributed by atoms with Crippen molar-refractivity contribution in [3.63, 3.8) is 0 Å². The molecule has 0 amide bonds. The number of fused-ring (bicyclic) bond motifs is 1. The maximum atomic E-state index is 12.5. The van der Waals surface area contributed by atoms with Crippen molar-refractivity contribution in [3.05, 3.63) is 59.9 Å². The zero-order chi connectivity index (χ0) is 17.1. The van der Waals surface area contributed by atoms with Gasteiger partial charge >= 0.3 is 17.5 Å². The normalized spacial score (nSPS) is 10.5. The number of carbonyl (C=O) groups excluding carboxylic acids is 1. The van der Waals surface area contributed by atoms with E-state index < -0.39 is 5.97 Å². The lowest BCUT2D eigenvalue weighted by Gasteiger charge is -2.02. The molecule has 0 aliphatic heterocycles. The van der Waals surface area contributed by atoms with Crippen molar-refractivity contribution in [2.75, 3.05) is 0 Å². The van der Waals surface area contributed by atoms with E-state index in [0.29, 0.717) is 11.4 Å². The number of aryl methyl sites for hydroxylation is 2. The molecule has 0 bridgehead atoms. The number of hydrogen-bond acceptors (Lipinski definition) is 4. The van der Waals surface area contributed by atoms with E-state index in [1.807, 2.05) is 25.1 Å². The zero-order valence-electron chi connectivity index (χ0n) is 13.1. The summed E-state index contributed by atoms with van der Waals surface area (Å²) in [5.74, 6) is -0.471. The fraction of sp³-hybridized carbons (Fsp3) is 0.167. The topological polar surface area (TPSA) is 78.6 Å². The fourth-order valence-corrected chi connectivity index (χ4v) is 2.52. The maximum Gasteiger partial charge on any atom is 0.392 e. The summed E-state index contributed by atoms with van der Waals surface area (Å²) in [5, 5.41) is 19.2. The number of rotatable bonds is 4. The van der Waals surface area contributed by atoms with Gasteiger partial charge in [-0.2, -0.15) is 14.2 Å². The van der Waals surface area contributed by atoms with Gasteiger partial charge in [-0.05, 0) is 25.1 Å². The van der Waals surface area contributed by atoms with Crippen LogP contribution in [0.15, 0.2) is 48.7 Å². The SMILES string of the molecule is Cc1ccc(OC(=O)c2c(O)[n+](CCC#N)c3ccccn23)cc1. The first-order valence-corrected chi connectivity index (χ1v) is 7.49. The van der Waals surface area contributed by atoms with Gasteiger partial charge < -0.3 is 9.84 Å². The summed E-state index contributed by atoms with van der Waals surface area (Å²) in [7, 11) is 0. The number of hydrogen-bond donors (Lipinski definition) is 1. The molecule has 0 saturated carbocycles. The Bertz CT molecular complexity index is 937. The molecule has 3 aromatic rings. The second-order valence-corrected chi connectivity index (χ2v) is 5.36. The molecular formula is C18H16N3O3+. The van der Waals surface area contributed by atoms with Gasteiger partial charge in [0.2, 0.25) is 0 Å². The molecule has 6 nitrogen and oxygen atoms in total. The molecule has 0 aliphatic rings. The lowest BCUT2D eigenvalue weighted by atomic mass is 10.2. The van der Waals surface area contributed by atoms with Crippen molar-refractivity contribution < 1.29 is 19.2 Å². The second kappa shape index (κ2) is 6.42. The minimum absolute atomic E-state index is 0.0316. The second-order valence-electron chi connectivity index (χ2n) is 5.36. The third kappa shape index (κ3) is 2.79. The summed E-state index contributed by atoms with van der Waals surface area (Å²) in [5.41, 5.74) is 1.70. The first-order valence-electron chi connectivity index (χ1n) is 7.49. The quantitative estimate of drug-likeness (QED) is 0.454. The van der Waals surface area contributed by atoms with Crippen LogP contribution in [0.3, 0.4) is 0 Å². The smallest absolute Gasteiger partial charge is 0.392 e. The minimum atomic E-state index is -0.659. The Labute approximate surface area is 138 Å². The van der Waals surface area contributed by atoms with Gasteiger partial charge in [-0.25, -0.2) is 4.79 Å². The maximum absolute atomic E-state index is 12.5. The highest BCUT2D eigenvalue weighted by Crippen LogP contribution is 2.20. The largest absolute Gasteiger partial charge is 0.474 e. The molecule has 24 heavy (non-hydrogen) atoms. The molecule has 3 rings (SSSR count). The Kier molecular flexibility index (Phi) is 4.17. The summed E-state index contributed by atoms with van der Waals surface area (Å²) in [4.78, 5) is 12.5. The standard InChI is InChI=1S/C18H15N3O3/c1-13-6-8-14(9-7-13)24-18(23)16-17(22)21(12-4-10-19)15-5-2-3-11-20(15)16/h2-3,5-9,11H,4,12H2,1H3/p+1. The predicted octanol–water partition coefficient (Wildman–Crippen LogP) is 2.37. The molecule has 6 heteroatoms. The van der Waals surface area contributed by atoms with Crippen LogP contribution < -0.4 is 9.30 Å². The van der Waals surface area contributed by atoms with Crippen molar-refractivity contribution in [2.45, 2.75) is 19.9 Å². The van der Waals surface area contributed by atoms with Crippen LogP contribution in [0.25, 0.3) is 5.65 Å². The third-order valence-electron chi connectivity index (χ3n) is 3.70. The van der Waals surface area contributed by atoms with E-state index in [0.717, 1.165) is 5.56 Å². The van der Waals surface area contributed by atoms with E-state index in [2.05, 4.69) is 0 Å². The number of pyridine rings is 1. The number of nitrogens with zero attached hydrogens (tertiary/aromatic N) is 3. The number of imidazole rings is 1. The molecule has 0 saturated heterocycles. The summed E-state index contributed by atoms with van der Waals surface area (Å²) in [6.07, 6.45) is 1.89. The number of carbonyl (C=O) groups is 1. The van der Waals surface area contributed by atoms with Gasteiger partial charge in [-0.3, -0.25) is 0 Å². The van der Waals surface area contributed by atoms with Gasteiger partial charge in [0, 0.05) is 6.07 Å². The molecule has 0 aliphatic carbocycles. The number of ether oxygens (including phenoxy) is 1. The molecule has 0 atom stereocenters. The van der Waals surface area contributed by atoms with Crippen molar-refractivity contribution in [1.82, 2.24) is 4.40 Å². The molecule has 2 heterocycles. The van der Waals surface area contributed by atoms with Crippen LogP contribution in [-0.4, -0.2) is 15.5 Å². The first kappa shape index (κ1) is 15.6. The fourth-order valence-electron chi connectivity index (χ4n) is 2.52. The van der Waals surface area contributed by atoms with Gasteiger partial charge in [0.25, 0.3) is 5.65 Å². The zero-order valence-corrected chi connectivity index (χ0v) is 13.1. The highest BCUT2D eigenvalue weighted by Gasteiger charge is 2.31. The molecule has 0 spiro atoms. The summed E-state index contributed by atoms with van der Waals surface area (Å²) >= 11 is 0. The van der Waals surface area contributed by atoms with E-state index in [1.165, 1.54) is 4.57 Å². The number of aromatic nitrogens is 2. The van der Waals surface area contributed by atoms with Crippen LogP contribution in [-0.2, 0) is 6.54 Å². The Morgan fingerprint density at radius 2 is 2.04 bits per heavy atom. The average molecular weight is 322 g/mol. The molecule has 0 radical (unpaired) electrons. The molecule has 2 aromatic heterocycles. The third-order valence-corrected chi connectivity index (χ3v) is 3.70. The number of aromatic hydroxyl groups is 1. The number of nitriles is 1. The van der Waals surface area contributed by atoms with Crippen LogP contribution in [0.2, 0.25) is 0 Å². The number of benzene rings is 1. The van der Waals surface area contributed by atoms with Crippen LogP contribution in [0.5, 0.6) is 11.6 Å². The predicted molar refractivity (Wildman–Crippen MR) is 85.6 cm³/mol. The highest BCUT2D eigenvalue weighted by atomic mass is 16.5. The summed E-state index contributed by atoms with van der Waals surface area (Å²) < 4.78 is 8.45. The molecule has 0 unspecified atom stereocenters. The average Bonchev–Trinajstić information content (AvgIpc) is 2.86. The Morgan fingerprint density at radius 3 is 2.75 bits per heavy atom. The minimum Gasteiger partial charge on any atom is -0.474 e. The monoisotopic (exact) mass is 322 g/mol. The van der Waals surface area contributed by atoms with Crippen molar-refractivity contribution in [2.24, 2.45) is 0 Å². The van der Waals surface area contributed by atoms with Gasteiger partial charge in [0.1, 0.15) is 12.3 Å². The molecule has 1 aromatic carbocycles. The molecule has 120 valence electrons. The molecule has 1 N–H and O–H groups in total. The van der Waals surface area contributed by atoms with Crippen LogP contribution in [0.4, 0.5) is 0 Å². The lowest BCUT2D eigenvalue weighted by molar-refractivity contribution is -0.675. The van der Waals surface area contributed by atoms with Gasteiger partial charge in [-0.1, -0.05) is 23.8 Å². The van der Waals surface area contributed by atoms with Crippen LogP contribution in [0, 0.1) is 18.3 Å². The van der Waals surface area contributed by atoms with Crippen molar-refractivity contribution in [1.29, 1.82) is 5.26 Å². The Morgan fingerprint density at radius 1 is 1.29 bits per heavy atom. The van der Waals surface area contributed by atoms with Gasteiger partial charge in [0.15, 0.2) is 0 Å². The van der Waals surface area contributed by atoms with E-state index in [-0.39, 0.29) is 24.5 Å².